The Morgan fingerprint density at radius 3 is 2.63 bits per heavy atom. The summed E-state index contributed by atoms with van der Waals surface area (Å²) in [7, 11) is 3.41. The van der Waals surface area contributed by atoms with Gasteiger partial charge >= 0.3 is 0 Å². The summed E-state index contributed by atoms with van der Waals surface area (Å²) in [4.78, 5) is 15.1. The molecule has 0 bridgehead atoms. The number of allylic oxidation sites excluding steroid dienone is 1. The first kappa shape index (κ1) is 18.6. The molecule has 3 aromatic rings. The van der Waals surface area contributed by atoms with Crippen LogP contribution in [0.4, 0.5) is 0 Å². The van der Waals surface area contributed by atoms with Crippen molar-refractivity contribution >= 4 is 29.5 Å². The number of aryl methyl sites for hydroxylation is 1. The van der Waals surface area contributed by atoms with Gasteiger partial charge in [0.15, 0.2) is 0 Å². The Labute approximate surface area is 162 Å². The maximum absolute atomic E-state index is 10.8. The maximum atomic E-state index is 10.8. The van der Waals surface area contributed by atoms with Gasteiger partial charge in [-0.3, -0.25) is 9.48 Å². The first-order valence-electron chi connectivity index (χ1n) is 8.18. The van der Waals surface area contributed by atoms with Crippen LogP contribution in [0.25, 0.3) is 22.8 Å². The SMILES string of the molecule is C=C(c1ccc(Cl)cc1)c1c(-c2cnc(OC)cc2/C=C/C=O)cnn1C. The molecular weight excluding hydrogens is 362 g/mol. The summed E-state index contributed by atoms with van der Waals surface area (Å²) in [5, 5.41) is 5.06. The number of ether oxygens (including phenoxy) is 1. The molecule has 0 aliphatic rings. The predicted octanol–water partition coefficient (Wildman–Crippen LogP) is 4.42. The standard InChI is InChI=1S/C21H18ClN3O2/c1-14(15-6-8-17(22)9-7-15)21-19(13-24-25(21)2)18-12-23-20(27-3)11-16(18)5-4-10-26/h4-13H,1H2,2-3H3/b5-4+. The molecule has 0 aliphatic carbocycles. The molecule has 3 rings (SSSR count). The van der Waals surface area contributed by atoms with Gasteiger partial charge in [0.05, 0.1) is 19.0 Å². The van der Waals surface area contributed by atoms with Crippen LogP contribution in [0, 0.1) is 0 Å². The van der Waals surface area contributed by atoms with Gasteiger partial charge in [0.25, 0.3) is 0 Å². The summed E-state index contributed by atoms with van der Waals surface area (Å²) < 4.78 is 6.97. The van der Waals surface area contributed by atoms with Gasteiger partial charge in [-0.05, 0) is 29.3 Å². The molecule has 0 saturated carbocycles. The van der Waals surface area contributed by atoms with Crippen molar-refractivity contribution in [1.82, 2.24) is 14.8 Å². The van der Waals surface area contributed by atoms with Crippen molar-refractivity contribution in [2.45, 2.75) is 0 Å². The lowest BCUT2D eigenvalue weighted by atomic mass is 9.96. The summed E-state index contributed by atoms with van der Waals surface area (Å²) >= 11 is 5.99. The highest BCUT2D eigenvalue weighted by Crippen LogP contribution is 2.34. The molecule has 0 saturated heterocycles. The number of pyridine rings is 1. The van der Waals surface area contributed by atoms with Crippen molar-refractivity contribution < 1.29 is 9.53 Å². The van der Waals surface area contributed by atoms with Gasteiger partial charge in [-0.2, -0.15) is 5.10 Å². The number of carbonyl (C=O) groups excluding carboxylic acids is 1. The molecule has 0 N–H and O–H groups in total. The van der Waals surface area contributed by atoms with Crippen LogP contribution in [0.3, 0.4) is 0 Å². The molecule has 6 heteroatoms. The lowest BCUT2D eigenvalue weighted by Crippen LogP contribution is -2.00. The van der Waals surface area contributed by atoms with Gasteiger partial charge in [0, 0.05) is 41.0 Å². The number of methoxy groups -OCH3 is 1. The number of carbonyl (C=O) groups is 1. The largest absolute Gasteiger partial charge is 0.481 e. The van der Waals surface area contributed by atoms with E-state index in [4.69, 9.17) is 16.3 Å². The molecule has 136 valence electrons. The number of rotatable bonds is 6. The number of aromatic nitrogens is 3. The van der Waals surface area contributed by atoms with E-state index in [1.165, 1.54) is 6.08 Å². The van der Waals surface area contributed by atoms with Crippen LogP contribution in [0.2, 0.25) is 5.02 Å². The topological polar surface area (TPSA) is 57.0 Å². The Bertz CT molecular complexity index is 1020. The Kier molecular flexibility index (Phi) is 5.52. The summed E-state index contributed by atoms with van der Waals surface area (Å²) in [5.41, 5.74) is 5.08. The Morgan fingerprint density at radius 2 is 1.96 bits per heavy atom. The second-order valence-corrected chi connectivity index (χ2v) is 6.26. The third-order valence-corrected chi connectivity index (χ3v) is 4.43. The van der Waals surface area contributed by atoms with Crippen molar-refractivity contribution in [3.63, 3.8) is 0 Å². The van der Waals surface area contributed by atoms with Crippen LogP contribution in [0.1, 0.15) is 16.8 Å². The van der Waals surface area contributed by atoms with E-state index in [2.05, 4.69) is 16.7 Å². The monoisotopic (exact) mass is 379 g/mol. The molecule has 2 aromatic heterocycles. The van der Waals surface area contributed by atoms with Crippen LogP contribution in [0.15, 0.2) is 55.4 Å². The summed E-state index contributed by atoms with van der Waals surface area (Å²) in [6.07, 6.45) is 7.35. The fourth-order valence-electron chi connectivity index (χ4n) is 2.85. The minimum absolute atomic E-state index is 0.464. The average Bonchev–Trinajstić information content (AvgIpc) is 3.07. The van der Waals surface area contributed by atoms with E-state index in [9.17, 15) is 4.79 Å². The van der Waals surface area contributed by atoms with Gasteiger partial charge in [0.1, 0.15) is 6.29 Å². The number of nitrogens with zero attached hydrogens (tertiary/aromatic N) is 3. The molecule has 0 fully saturated rings. The highest BCUT2D eigenvalue weighted by molar-refractivity contribution is 6.30. The smallest absolute Gasteiger partial charge is 0.213 e. The van der Waals surface area contributed by atoms with E-state index < -0.39 is 0 Å². The van der Waals surface area contributed by atoms with Crippen LogP contribution in [0.5, 0.6) is 5.88 Å². The zero-order valence-corrected chi connectivity index (χ0v) is 15.8. The normalized spacial score (nSPS) is 10.9. The van der Waals surface area contributed by atoms with Gasteiger partial charge in [-0.15, -0.1) is 0 Å². The maximum Gasteiger partial charge on any atom is 0.213 e. The first-order chi connectivity index (χ1) is 13.0. The minimum Gasteiger partial charge on any atom is -0.481 e. The predicted molar refractivity (Wildman–Crippen MR) is 108 cm³/mol. The highest BCUT2D eigenvalue weighted by atomic mass is 35.5. The fraction of sp³-hybridized carbons (Fsp3) is 0.0952. The number of halogens is 1. The summed E-state index contributed by atoms with van der Waals surface area (Å²) in [5.74, 6) is 0.464. The molecule has 0 atom stereocenters. The number of aldehydes is 1. The molecule has 0 radical (unpaired) electrons. The molecule has 2 heterocycles. The van der Waals surface area contributed by atoms with Crippen molar-refractivity contribution in [2.75, 3.05) is 7.11 Å². The minimum atomic E-state index is 0.464. The van der Waals surface area contributed by atoms with E-state index in [1.807, 2.05) is 31.3 Å². The second kappa shape index (κ2) is 8.01. The van der Waals surface area contributed by atoms with E-state index in [1.54, 1.807) is 36.3 Å². The van der Waals surface area contributed by atoms with E-state index >= 15 is 0 Å². The lowest BCUT2D eigenvalue weighted by Gasteiger charge is -2.12. The van der Waals surface area contributed by atoms with Gasteiger partial charge in [-0.25, -0.2) is 4.98 Å². The zero-order chi connectivity index (χ0) is 19.4. The number of hydrogen-bond acceptors (Lipinski definition) is 4. The molecule has 0 amide bonds. The summed E-state index contributed by atoms with van der Waals surface area (Å²) in [6, 6.07) is 9.26. The first-order valence-corrected chi connectivity index (χ1v) is 8.56. The third-order valence-electron chi connectivity index (χ3n) is 4.18. The zero-order valence-electron chi connectivity index (χ0n) is 15.0. The summed E-state index contributed by atoms with van der Waals surface area (Å²) in [6.45, 7) is 4.25. The van der Waals surface area contributed by atoms with Gasteiger partial charge in [0.2, 0.25) is 5.88 Å². The quantitative estimate of drug-likeness (QED) is 0.470. The van der Waals surface area contributed by atoms with E-state index in [0.29, 0.717) is 10.9 Å². The van der Waals surface area contributed by atoms with Crippen molar-refractivity contribution in [2.24, 2.45) is 7.05 Å². The van der Waals surface area contributed by atoms with Crippen LogP contribution >= 0.6 is 11.6 Å². The van der Waals surface area contributed by atoms with Crippen LogP contribution < -0.4 is 4.74 Å². The molecule has 0 aliphatic heterocycles. The van der Waals surface area contributed by atoms with Crippen molar-refractivity contribution in [3.8, 4) is 17.0 Å². The van der Waals surface area contributed by atoms with E-state index in [-0.39, 0.29) is 0 Å². The van der Waals surface area contributed by atoms with E-state index in [0.717, 1.165) is 39.8 Å². The molecule has 27 heavy (non-hydrogen) atoms. The molecular formula is C21H18ClN3O2. The highest BCUT2D eigenvalue weighted by Gasteiger charge is 2.18. The molecule has 1 aromatic carbocycles. The lowest BCUT2D eigenvalue weighted by molar-refractivity contribution is -0.104. The Morgan fingerprint density at radius 1 is 1.22 bits per heavy atom. The molecule has 0 spiro atoms. The van der Waals surface area contributed by atoms with Crippen LogP contribution in [-0.4, -0.2) is 28.2 Å². The fourth-order valence-corrected chi connectivity index (χ4v) is 2.97. The average molecular weight is 380 g/mol. The van der Waals surface area contributed by atoms with Gasteiger partial charge < -0.3 is 4.74 Å². The Balaban J connectivity index is 2.14. The third kappa shape index (κ3) is 3.83. The molecule has 5 nitrogen and oxygen atoms in total. The van der Waals surface area contributed by atoms with Crippen molar-refractivity contribution in [3.05, 3.63) is 77.2 Å². The Hall–Kier alpha value is -3.18. The number of hydrogen-bond donors (Lipinski definition) is 0. The number of benzene rings is 1. The van der Waals surface area contributed by atoms with Crippen molar-refractivity contribution in [1.29, 1.82) is 0 Å². The van der Waals surface area contributed by atoms with Gasteiger partial charge in [-0.1, -0.05) is 36.4 Å². The second-order valence-electron chi connectivity index (χ2n) is 5.83. The molecule has 0 unspecified atom stereocenters. The van der Waals surface area contributed by atoms with Crippen LogP contribution in [-0.2, 0) is 11.8 Å².